The minimum Gasteiger partial charge on any atom is -0.331 e. The lowest BCUT2D eigenvalue weighted by atomic mass is 10.1. The molecule has 8 nitrogen and oxygen atoms in total. The molecule has 1 unspecified atom stereocenters. The third kappa shape index (κ3) is 6.14. The minimum atomic E-state index is -3.81. The predicted octanol–water partition coefficient (Wildman–Crippen LogP) is 3.20. The maximum Gasteiger partial charge on any atom is 0.317 e. The van der Waals surface area contributed by atoms with Gasteiger partial charge in [-0.25, -0.2) is 22.7 Å². The molecule has 1 atom stereocenters. The van der Waals surface area contributed by atoms with Gasteiger partial charge in [-0.05, 0) is 55.7 Å². The molecule has 0 spiro atoms. The first-order valence-corrected chi connectivity index (χ1v) is 11.6. The van der Waals surface area contributed by atoms with Gasteiger partial charge >= 0.3 is 6.03 Å². The summed E-state index contributed by atoms with van der Waals surface area (Å²) in [5.41, 5.74) is 2.90. The highest BCUT2D eigenvalue weighted by molar-refractivity contribution is 7.89. The van der Waals surface area contributed by atoms with Gasteiger partial charge in [0, 0.05) is 24.8 Å². The van der Waals surface area contributed by atoms with Gasteiger partial charge < -0.3 is 10.2 Å². The zero-order valence-electron chi connectivity index (χ0n) is 17.9. The molecule has 0 aliphatic carbocycles. The second-order valence-electron chi connectivity index (χ2n) is 7.60. The number of carbonyl (C=O) groups excluding carboxylic acids is 1. The van der Waals surface area contributed by atoms with Crippen molar-refractivity contribution in [2.45, 2.75) is 30.7 Å². The van der Waals surface area contributed by atoms with Gasteiger partial charge in [-0.1, -0.05) is 24.3 Å². The molecule has 0 fully saturated rings. The van der Waals surface area contributed by atoms with Crippen molar-refractivity contribution in [2.75, 3.05) is 13.6 Å². The molecule has 0 saturated heterocycles. The van der Waals surface area contributed by atoms with Crippen LogP contribution in [0.5, 0.6) is 0 Å². The van der Waals surface area contributed by atoms with Crippen LogP contribution in [0.4, 0.5) is 9.18 Å². The van der Waals surface area contributed by atoms with Crippen LogP contribution in [0, 0.1) is 5.82 Å². The van der Waals surface area contributed by atoms with E-state index in [-0.39, 0.29) is 16.7 Å². The van der Waals surface area contributed by atoms with Crippen LogP contribution in [0.2, 0.25) is 0 Å². The summed E-state index contributed by atoms with van der Waals surface area (Å²) in [5, 5.41) is 15.2. The lowest BCUT2D eigenvalue weighted by molar-refractivity contribution is 0.205. The molecule has 0 saturated carbocycles. The molecule has 0 radical (unpaired) electrons. The lowest BCUT2D eigenvalue weighted by Crippen LogP contribution is -2.39. The molecule has 32 heavy (non-hydrogen) atoms. The molecule has 10 heteroatoms. The zero-order chi connectivity index (χ0) is 23.3. The topological polar surface area (TPSA) is 121 Å². The van der Waals surface area contributed by atoms with E-state index in [1.807, 2.05) is 6.07 Å². The van der Waals surface area contributed by atoms with Crippen LogP contribution in [0.1, 0.15) is 30.6 Å². The Hall–Kier alpha value is -3.24. The van der Waals surface area contributed by atoms with E-state index in [1.165, 1.54) is 24.3 Å². The van der Waals surface area contributed by atoms with E-state index in [0.717, 1.165) is 5.69 Å². The first kappa shape index (κ1) is 23.4. The van der Waals surface area contributed by atoms with E-state index in [9.17, 15) is 17.6 Å². The summed E-state index contributed by atoms with van der Waals surface area (Å²) in [5.74, 6) is -0.315. The Morgan fingerprint density at radius 3 is 2.69 bits per heavy atom. The summed E-state index contributed by atoms with van der Waals surface area (Å²) < 4.78 is 36.4. The SMILES string of the molecule is CC(NC(=O)N(C)CCCc1cc(-c2cccc(F)c2)n[nH]1)c1cccc(S(N)(=O)=O)c1. The van der Waals surface area contributed by atoms with E-state index in [0.29, 0.717) is 36.2 Å². The highest BCUT2D eigenvalue weighted by Gasteiger charge is 2.16. The number of primary sulfonamides is 1. The Morgan fingerprint density at radius 2 is 1.97 bits per heavy atom. The highest BCUT2D eigenvalue weighted by atomic mass is 32.2. The van der Waals surface area contributed by atoms with Crippen molar-refractivity contribution in [3.8, 4) is 11.3 Å². The monoisotopic (exact) mass is 459 g/mol. The van der Waals surface area contributed by atoms with E-state index in [1.54, 1.807) is 43.1 Å². The standard InChI is InChI=1S/C22H26FN5O3S/c1-15(16-6-4-10-20(13-16)32(24,30)31)25-22(29)28(2)11-5-9-19-14-21(27-26-19)17-7-3-8-18(23)12-17/h3-4,6-8,10,12-15H,5,9,11H2,1-2H3,(H,25,29)(H,26,27)(H2,24,30,31). The number of halogens is 1. The Kier molecular flexibility index (Phi) is 7.26. The first-order valence-electron chi connectivity index (χ1n) is 10.1. The summed E-state index contributed by atoms with van der Waals surface area (Å²) in [7, 11) is -2.12. The Morgan fingerprint density at radius 1 is 1.22 bits per heavy atom. The van der Waals surface area contributed by atoms with Crippen molar-refractivity contribution < 1.29 is 17.6 Å². The summed E-state index contributed by atoms with van der Waals surface area (Å²) in [4.78, 5) is 14.0. The van der Waals surface area contributed by atoms with Crippen LogP contribution in [0.15, 0.2) is 59.5 Å². The fourth-order valence-corrected chi connectivity index (χ4v) is 3.80. The normalized spacial score (nSPS) is 12.4. The average molecular weight is 460 g/mol. The first-order chi connectivity index (χ1) is 15.1. The van der Waals surface area contributed by atoms with Gasteiger partial charge in [0.2, 0.25) is 10.0 Å². The number of aryl methyl sites for hydroxylation is 1. The number of benzene rings is 2. The number of H-pyrrole nitrogens is 1. The summed E-state index contributed by atoms with van der Waals surface area (Å²) in [6.07, 6.45) is 1.37. The minimum absolute atomic E-state index is 0.00150. The largest absolute Gasteiger partial charge is 0.331 e. The van der Waals surface area contributed by atoms with Crippen LogP contribution < -0.4 is 10.5 Å². The van der Waals surface area contributed by atoms with Crippen molar-refractivity contribution >= 4 is 16.1 Å². The molecule has 0 bridgehead atoms. The number of aromatic nitrogens is 2. The molecule has 4 N–H and O–H groups in total. The van der Waals surface area contributed by atoms with Gasteiger partial charge in [0.25, 0.3) is 0 Å². The van der Waals surface area contributed by atoms with Crippen LogP contribution in [0.3, 0.4) is 0 Å². The van der Waals surface area contributed by atoms with Crippen molar-refractivity contribution in [1.29, 1.82) is 0 Å². The summed E-state index contributed by atoms with van der Waals surface area (Å²) >= 11 is 0. The fraction of sp³-hybridized carbons (Fsp3) is 0.273. The third-order valence-electron chi connectivity index (χ3n) is 5.06. The van der Waals surface area contributed by atoms with Crippen LogP contribution in [-0.2, 0) is 16.4 Å². The van der Waals surface area contributed by atoms with E-state index >= 15 is 0 Å². The highest BCUT2D eigenvalue weighted by Crippen LogP contribution is 2.19. The van der Waals surface area contributed by atoms with Gasteiger partial charge in [-0.15, -0.1) is 0 Å². The zero-order valence-corrected chi connectivity index (χ0v) is 18.7. The Labute approximate surface area is 186 Å². The molecule has 3 rings (SSSR count). The van der Waals surface area contributed by atoms with Gasteiger partial charge in [0.1, 0.15) is 5.82 Å². The quantitative estimate of drug-likeness (QED) is 0.479. The fourth-order valence-electron chi connectivity index (χ4n) is 3.23. The van der Waals surface area contributed by atoms with E-state index in [4.69, 9.17) is 5.14 Å². The Bertz CT molecular complexity index is 1200. The number of hydrogen-bond donors (Lipinski definition) is 3. The predicted molar refractivity (Wildman–Crippen MR) is 120 cm³/mol. The maximum absolute atomic E-state index is 13.4. The number of nitrogens with one attached hydrogen (secondary N) is 2. The van der Waals surface area contributed by atoms with Crippen LogP contribution in [0.25, 0.3) is 11.3 Å². The van der Waals surface area contributed by atoms with Gasteiger partial charge in [-0.3, -0.25) is 5.10 Å². The van der Waals surface area contributed by atoms with Crippen LogP contribution in [-0.4, -0.2) is 43.1 Å². The van der Waals surface area contributed by atoms with Crippen molar-refractivity contribution in [3.05, 3.63) is 71.7 Å². The smallest absolute Gasteiger partial charge is 0.317 e. The van der Waals surface area contributed by atoms with Crippen molar-refractivity contribution in [3.63, 3.8) is 0 Å². The van der Waals surface area contributed by atoms with Gasteiger partial charge in [0.15, 0.2) is 0 Å². The number of rotatable bonds is 8. The molecule has 2 aromatic carbocycles. The molecule has 0 aliphatic rings. The molecule has 2 amide bonds. The molecular weight excluding hydrogens is 433 g/mol. The molecule has 1 heterocycles. The van der Waals surface area contributed by atoms with E-state index < -0.39 is 16.1 Å². The van der Waals surface area contributed by atoms with E-state index in [2.05, 4.69) is 15.5 Å². The van der Waals surface area contributed by atoms with Crippen molar-refractivity contribution in [1.82, 2.24) is 20.4 Å². The second-order valence-corrected chi connectivity index (χ2v) is 9.16. The molecule has 0 aliphatic heterocycles. The average Bonchev–Trinajstić information content (AvgIpc) is 3.22. The second kappa shape index (κ2) is 9.92. The van der Waals surface area contributed by atoms with Crippen molar-refractivity contribution in [2.24, 2.45) is 5.14 Å². The number of nitrogens with two attached hydrogens (primary N) is 1. The summed E-state index contributed by atoms with van der Waals surface area (Å²) in [6, 6.07) is 13.6. The number of urea groups is 1. The number of carbonyl (C=O) groups is 1. The molecular formula is C22H26FN5O3S. The number of amides is 2. The van der Waals surface area contributed by atoms with Gasteiger partial charge in [-0.2, -0.15) is 5.10 Å². The Balaban J connectivity index is 1.50. The summed E-state index contributed by atoms with van der Waals surface area (Å²) in [6.45, 7) is 2.27. The number of aromatic amines is 1. The third-order valence-corrected chi connectivity index (χ3v) is 5.98. The number of nitrogens with zero attached hydrogens (tertiary/aromatic N) is 2. The molecule has 3 aromatic rings. The van der Waals surface area contributed by atoms with Crippen LogP contribution >= 0.6 is 0 Å². The lowest BCUT2D eigenvalue weighted by Gasteiger charge is -2.21. The van der Waals surface area contributed by atoms with Gasteiger partial charge in [0.05, 0.1) is 16.6 Å². The molecule has 1 aromatic heterocycles. The number of hydrogen-bond acceptors (Lipinski definition) is 4. The number of sulfonamides is 1. The maximum atomic E-state index is 13.4. The molecule has 170 valence electrons.